The second-order valence-corrected chi connectivity index (χ2v) is 5.55. The van der Waals surface area contributed by atoms with E-state index in [4.69, 9.17) is 14.3 Å². The van der Waals surface area contributed by atoms with Crippen molar-refractivity contribution in [2.75, 3.05) is 0 Å². The van der Waals surface area contributed by atoms with Crippen LogP contribution >= 0.6 is 0 Å². The Hall–Kier alpha value is -3.08. The highest BCUT2D eigenvalue weighted by Crippen LogP contribution is 2.31. The van der Waals surface area contributed by atoms with E-state index in [1.54, 1.807) is 36.4 Å². The fourth-order valence-electron chi connectivity index (χ4n) is 2.35. The van der Waals surface area contributed by atoms with Crippen LogP contribution in [0.15, 0.2) is 57.7 Å². The van der Waals surface area contributed by atoms with Crippen molar-refractivity contribution in [2.24, 2.45) is 0 Å². The molecule has 0 spiro atoms. The van der Waals surface area contributed by atoms with Crippen LogP contribution in [0.2, 0.25) is 0 Å². The van der Waals surface area contributed by atoms with Gasteiger partial charge in [0, 0.05) is 5.56 Å². The largest absolute Gasteiger partial charge is 0.479 e. The first-order valence-corrected chi connectivity index (χ1v) is 7.49. The van der Waals surface area contributed by atoms with Crippen LogP contribution in [0, 0.1) is 6.92 Å². The number of para-hydroxylation sites is 1. The Labute approximate surface area is 138 Å². The molecule has 1 aromatic heterocycles. The summed E-state index contributed by atoms with van der Waals surface area (Å²) in [5, 5.41) is 9.44. The molecule has 0 aliphatic rings. The Balaban J connectivity index is 2.26. The predicted molar refractivity (Wildman–Crippen MR) is 90.4 cm³/mol. The highest BCUT2D eigenvalue weighted by molar-refractivity contribution is 5.82. The van der Waals surface area contributed by atoms with Crippen LogP contribution in [0.1, 0.15) is 12.5 Å². The van der Waals surface area contributed by atoms with Gasteiger partial charge in [-0.25, -0.2) is 4.79 Å². The van der Waals surface area contributed by atoms with Crippen molar-refractivity contribution >= 4 is 16.9 Å². The zero-order valence-electron chi connectivity index (χ0n) is 13.3. The van der Waals surface area contributed by atoms with Gasteiger partial charge in [0.15, 0.2) is 11.9 Å². The minimum Gasteiger partial charge on any atom is -0.479 e. The molecular formula is C19H16O5. The maximum absolute atomic E-state index is 12.8. The summed E-state index contributed by atoms with van der Waals surface area (Å²) in [5.41, 5.74) is 1.74. The summed E-state index contributed by atoms with van der Waals surface area (Å²) >= 11 is 0. The van der Waals surface area contributed by atoms with Crippen molar-refractivity contribution in [2.45, 2.75) is 20.0 Å². The number of carbonyl (C=O) groups is 1. The summed E-state index contributed by atoms with van der Waals surface area (Å²) < 4.78 is 11.3. The highest BCUT2D eigenvalue weighted by Gasteiger charge is 2.22. The number of carboxylic acid groups (broad SMARTS) is 1. The van der Waals surface area contributed by atoms with Crippen LogP contribution in [0.3, 0.4) is 0 Å². The molecule has 24 heavy (non-hydrogen) atoms. The molecule has 1 heterocycles. The number of fused-ring (bicyclic) bond motifs is 1. The van der Waals surface area contributed by atoms with E-state index < -0.39 is 12.1 Å². The van der Waals surface area contributed by atoms with E-state index in [0.29, 0.717) is 16.5 Å². The van der Waals surface area contributed by atoms with Crippen LogP contribution < -0.4 is 10.2 Å². The Morgan fingerprint density at radius 1 is 1.12 bits per heavy atom. The van der Waals surface area contributed by atoms with Gasteiger partial charge in [0.25, 0.3) is 0 Å². The van der Waals surface area contributed by atoms with Gasteiger partial charge < -0.3 is 14.3 Å². The molecule has 5 heteroatoms. The number of carboxylic acids is 1. The van der Waals surface area contributed by atoms with Crippen molar-refractivity contribution < 1.29 is 19.1 Å². The zero-order valence-corrected chi connectivity index (χ0v) is 13.3. The van der Waals surface area contributed by atoms with Gasteiger partial charge in [-0.3, -0.25) is 4.79 Å². The second kappa shape index (κ2) is 6.20. The summed E-state index contributed by atoms with van der Waals surface area (Å²) in [6.45, 7) is 3.32. The normalized spacial score (nSPS) is 12.1. The number of rotatable bonds is 4. The van der Waals surface area contributed by atoms with Gasteiger partial charge in [0.1, 0.15) is 5.58 Å². The molecule has 0 aliphatic carbocycles. The van der Waals surface area contributed by atoms with Gasteiger partial charge in [-0.2, -0.15) is 0 Å². The van der Waals surface area contributed by atoms with Crippen LogP contribution in [0.25, 0.3) is 22.3 Å². The maximum Gasteiger partial charge on any atom is 0.344 e. The van der Waals surface area contributed by atoms with Gasteiger partial charge in [-0.05, 0) is 26.0 Å². The lowest BCUT2D eigenvalue weighted by atomic mass is 10.1. The van der Waals surface area contributed by atoms with Crippen LogP contribution in [0.5, 0.6) is 5.75 Å². The Bertz CT molecular complexity index is 954. The molecule has 0 saturated carbocycles. The van der Waals surface area contributed by atoms with Crippen LogP contribution in [-0.4, -0.2) is 17.2 Å². The van der Waals surface area contributed by atoms with Crippen molar-refractivity contribution in [3.05, 3.63) is 64.3 Å². The number of ether oxygens (including phenoxy) is 1. The van der Waals surface area contributed by atoms with Gasteiger partial charge in [-0.15, -0.1) is 0 Å². The average Bonchev–Trinajstić information content (AvgIpc) is 2.58. The molecule has 3 aromatic rings. The molecule has 0 amide bonds. The molecule has 0 unspecified atom stereocenters. The highest BCUT2D eigenvalue weighted by atomic mass is 16.5. The molecule has 0 saturated heterocycles. The number of aliphatic carboxylic acids is 1. The van der Waals surface area contributed by atoms with Gasteiger partial charge >= 0.3 is 5.97 Å². The Morgan fingerprint density at radius 3 is 2.46 bits per heavy atom. The summed E-state index contributed by atoms with van der Waals surface area (Å²) in [5.74, 6) is -1.02. The molecule has 0 bridgehead atoms. The molecule has 2 aromatic carbocycles. The van der Waals surface area contributed by atoms with Gasteiger partial charge in [0.2, 0.25) is 11.2 Å². The molecule has 0 aliphatic heterocycles. The van der Waals surface area contributed by atoms with Crippen molar-refractivity contribution in [1.82, 2.24) is 0 Å². The number of hydrogen-bond acceptors (Lipinski definition) is 4. The third-order valence-corrected chi connectivity index (χ3v) is 3.71. The smallest absolute Gasteiger partial charge is 0.344 e. The van der Waals surface area contributed by atoms with Crippen molar-refractivity contribution in [1.29, 1.82) is 0 Å². The van der Waals surface area contributed by atoms with E-state index >= 15 is 0 Å². The van der Waals surface area contributed by atoms with E-state index in [-0.39, 0.29) is 16.9 Å². The second-order valence-electron chi connectivity index (χ2n) is 5.55. The lowest BCUT2D eigenvalue weighted by molar-refractivity contribution is -0.144. The summed E-state index contributed by atoms with van der Waals surface area (Å²) in [6.07, 6.45) is -1.17. The number of benzene rings is 2. The van der Waals surface area contributed by atoms with Gasteiger partial charge in [0.05, 0.1) is 5.39 Å². The Kier molecular flexibility index (Phi) is 4.08. The molecule has 0 radical (unpaired) electrons. The minimum absolute atomic E-state index is 0.0903. The first-order valence-electron chi connectivity index (χ1n) is 7.49. The number of aryl methyl sites for hydroxylation is 1. The first kappa shape index (κ1) is 15.8. The van der Waals surface area contributed by atoms with E-state index in [9.17, 15) is 9.59 Å². The van der Waals surface area contributed by atoms with E-state index in [1.807, 2.05) is 19.1 Å². The third-order valence-electron chi connectivity index (χ3n) is 3.71. The Morgan fingerprint density at radius 2 is 1.79 bits per heavy atom. The molecule has 1 atom stereocenters. The fraction of sp³-hybridized carbons (Fsp3) is 0.158. The molecule has 3 rings (SSSR count). The topological polar surface area (TPSA) is 76.7 Å². The minimum atomic E-state index is -1.17. The summed E-state index contributed by atoms with van der Waals surface area (Å²) in [7, 11) is 0. The van der Waals surface area contributed by atoms with Crippen LogP contribution in [0.4, 0.5) is 0 Å². The lowest BCUT2D eigenvalue weighted by Crippen LogP contribution is -2.26. The van der Waals surface area contributed by atoms with Crippen LogP contribution in [-0.2, 0) is 4.79 Å². The summed E-state index contributed by atoms with van der Waals surface area (Å²) in [4.78, 5) is 23.9. The maximum atomic E-state index is 12.8. The van der Waals surface area contributed by atoms with E-state index in [1.165, 1.54) is 6.92 Å². The van der Waals surface area contributed by atoms with Crippen molar-refractivity contribution in [3.63, 3.8) is 0 Å². The fourth-order valence-corrected chi connectivity index (χ4v) is 2.35. The SMILES string of the molecule is Cc1ccc(-c2oc3ccccc3c(=O)c2O[C@@H](C)C(=O)O)cc1. The monoisotopic (exact) mass is 324 g/mol. The molecule has 0 fully saturated rings. The lowest BCUT2D eigenvalue weighted by Gasteiger charge is -2.14. The number of hydrogen-bond donors (Lipinski definition) is 1. The standard InChI is InChI=1S/C19H16O5/c1-11-7-9-13(10-8-11)17-18(23-12(2)19(21)22)16(20)14-5-3-4-6-15(14)24-17/h3-10,12H,1-2H3,(H,21,22)/t12-/m0/s1. The molecule has 1 N–H and O–H groups in total. The molecule has 122 valence electrons. The predicted octanol–water partition coefficient (Wildman–Crippen LogP) is 3.62. The van der Waals surface area contributed by atoms with E-state index in [0.717, 1.165) is 5.56 Å². The summed E-state index contributed by atoms with van der Waals surface area (Å²) in [6, 6.07) is 14.2. The third kappa shape index (κ3) is 2.88. The molecule has 5 nitrogen and oxygen atoms in total. The van der Waals surface area contributed by atoms with E-state index in [2.05, 4.69) is 0 Å². The zero-order chi connectivity index (χ0) is 17.3. The molecular weight excluding hydrogens is 308 g/mol. The average molecular weight is 324 g/mol. The van der Waals surface area contributed by atoms with Crippen molar-refractivity contribution in [3.8, 4) is 17.1 Å². The van der Waals surface area contributed by atoms with Gasteiger partial charge in [-0.1, -0.05) is 42.0 Å². The first-order chi connectivity index (χ1) is 11.5. The quantitative estimate of drug-likeness (QED) is 0.793.